The molecule has 0 aliphatic rings. The maximum absolute atomic E-state index is 14.0. The molecule has 29 heavy (non-hydrogen) atoms. The Kier molecular flexibility index (Phi) is 5.40. The minimum atomic E-state index is -0.880. The van der Waals surface area contributed by atoms with E-state index in [4.69, 9.17) is 0 Å². The molecule has 0 fully saturated rings. The molecule has 146 valence electrons. The Hall–Kier alpha value is -3.06. The zero-order valence-corrected chi connectivity index (χ0v) is 16.3. The SMILES string of the molecule is Cc1ccc(-n2c(SCc3cccc(F)c3F)nnc2-c2ccc(F)cc2)cc1. The van der Waals surface area contributed by atoms with Gasteiger partial charge in [0.25, 0.3) is 0 Å². The van der Waals surface area contributed by atoms with Crippen molar-refractivity contribution in [3.8, 4) is 17.1 Å². The Morgan fingerprint density at radius 1 is 0.862 bits per heavy atom. The lowest BCUT2D eigenvalue weighted by Crippen LogP contribution is -2.00. The van der Waals surface area contributed by atoms with Gasteiger partial charge in [-0.1, -0.05) is 41.6 Å². The highest BCUT2D eigenvalue weighted by atomic mass is 32.2. The molecule has 0 spiro atoms. The van der Waals surface area contributed by atoms with Crippen LogP contribution in [0.1, 0.15) is 11.1 Å². The van der Waals surface area contributed by atoms with Crippen LogP contribution in [0.3, 0.4) is 0 Å². The Morgan fingerprint density at radius 3 is 2.31 bits per heavy atom. The third kappa shape index (κ3) is 4.05. The molecule has 0 radical (unpaired) electrons. The number of aromatic nitrogens is 3. The van der Waals surface area contributed by atoms with E-state index >= 15 is 0 Å². The van der Waals surface area contributed by atoms with E-state index in [9.17, 15) is 13.2 Å². The molecule has 4 aromatic rings. The normalized spacial score (nSPS) is 11.0. The van der Waals surface area contributed by atoms with Gasteiger partial charge >= 0.3 is 0 Å². The summed E-state index contributed by atoms with van der Waals surface area (Å²) < 4.78 is 42.7. The molecule has 7 heteroatoms. The standard InChI is InChI=1S/C22H16F3N3S/c1-14-5-11-18(12-6-14)28-21(15-7-9-17(23)10-8-15)26-27-22(28)29-13-16-3-2-4-19(24)20(16)25/h2-12H,13H2,1H3. The van der Waals surface area contributed by atoms with E-state index < -0.39 is 11.6 Å². The lowest BCUT2D eigenvalue weighted by atomic mass is 10.2. The average Bonchev–Trinajstić information content (AvgIpc) is 3.14. The van der Waals surface area contributed by atoms with Crippen LogP contribution in [0.15, 0.2) is 71.9 Å². The van der Waals surface area contributed by atoms with Crippen LogP contribution in [0, 0.1) is 24.4 Å². The van der Waals surface area contributed by atoms with Gasteiger partial charge in [0.1, 0.15) is 5.82 Å². The second-order valence-corrected chi connectivity index (χ2v) is 7.43. The molecule has 3 nitrogen and oxygen atoms in total. The van der Waals surface area contributed by atoms with E-state index in [0.717, 1.165) is 17.3 Å². The number of hydrogen-bond acceptors (Lipinski definition) is 3. The lowest BCUT2D eigenvalue weighted by Gasteiger charge is -2.11. The van der Waals surface area contributed by atoms with Crippen molar-refractivity contribution in [3.63, 3.8) is 0 Å². The lowest BCUT2D eigenvalue weighted by molar-refractivity contribution is 0.502. The summed E-state index contributed by atoms with van der Waals surface area (Å²) in [6.45, 7) is 1.99. The van der Waals surface area contributed by atoms with Gasteiger partial charge in [-0.05, 0) is 49.4 Å². The first-order chi connectivity index (χ1) is 14.0. The van der Waals surface area contributed by atoms with Crippen molar-refractivity contribution < 1.29 is 13.2 Å². The smallest absolute Gasteiger partial charge is 0.196 e. The summed E-state index contributed by atoms with van der Waals surface area (Å²) in [7, 11) is 0. The highest BCUT2D eigenvalue weighted by molar-refractivity contribution is 7.98. The van der Waals surface area contributed by atoms with E-state index in [1.807, 2.05) is 35.8 Å². The van der Waals surface area contributed by atoms with Gasteiger partial charge < -0.3 is 0 Å². The molecular formula is C22H16F3N3S. The van der Waals surface area contributed by atoms with Gasteiger partial charge in [-0.15, -0.1) is 10.2 Å². The van der Waals surface area contributed by atoms with Crippen LogP contribution in [0.2, 0.25) is 0 Å². The monoisotopic (exact) mass is 411 g/mol. The number of hydrogen-bond donors (Lipinski definition) is 0. The second kappa shape index (κ2) is 8.13. The minimum absolute atomic E-state index is 0.191. The molecule has 0 saturated heterocycles. The van der Waals surface area contributed by atoms with E-state index in [1.54, 1.807) is 18.2 Å². The van der Waals surface area contributed by atoms with Gasteiger partial charge in [0.15, 0.2) is 22.6 Å². The molecule has 0 aliphatic heterocycles. The fourth-order valence-corrected chi connectivity index (χ4v) is 3.81. The van der Waals surface area contributed by atoms with Crippen LogP contribution in [-0.2, 0) is 5.75 Å². The van der Waals surface area contributed by atoms with Crippen molar-refractivity contribution in [2.24, 2.45) is 0 Å². The molecule has 3 aromatic carbocycles. The minimum Gasteiger partial charge on any atom is -0.270 e. The molecule has 0 unspecified atom stereocenters. The molecule has 0 bridgehead atoms. The van der Waals surface area contributed by atoms with Crippen molar-refractivity contribution >= 4 is 11.8 Å². The first kappa shape index (κ1) is 19.3. The number of benzene rings is 3. The Morgan fingerprint density at radius 2 is 1.59 bits per heavy atom. The molecule has 0 aliphatic carbocycles. The largest absolute Gasteiger partial charge is 0.270 e. The summed E-state index contributed by atoms with van der Waals surface area (Å²) in [5.41, 5.74) is 2.86. The van der Waals surface area contributed by atoms with Crippen LogP contribution in [0.4, 0.5) is 13.2 Å². The first-order valence-electron chi connectivity index (χ1n) is 8.87. The fraction of sp³-hybridized carbons (Fsp3) is 0.0909. The van der Waals surface area contributed by atoms with E-state index in [0.29, 0.717) is 16.5 Å². The predicted molar refractivity (Wildman–Crippen MR) is 107 cm³/mol. The topological polar surface area (TPSA) is 30.7 Å². The van der Waals surface area contributed by atoms with E-state index in [-0.39, 0.29) is 17.1 Å². The summed E-state index contributed by atoms with van der Waals surface area (Å²) >= 11 is 1.25. The molecule has 4 rings (SSSR count). The summed E-state index contributed by atoms with van der Waals surface area (Å²) in [5.74, 6) is -1.35. The van der Waals surface area contributed by atoms with Crippen molar-refractivity contribution in [1.82, 2.24) is 14.8 Å². The van der Waals surface area contributed by atoms with Gasteiger partial charge in [-0.25, -0.2) is 13.2 Å². The van der Waals surface area contributed by atoms with Crippen LogP contribution in [0.25, 0.3) is 17.1 Å². The van der Waals surface area contributed by atoms with Crippen LogP contribution < -0.4 is 0 Å². The third-order valence-electron chi connectivity index (χ3n) is 4.42. The number of nitrogens with zero attached hydrogens (tertiary/aromatic N) is 3. The molecule has 0 atom stereocenters. The first-order valence-corrected chi connectivity index (χ1v) is 9.85. The zero-order valence-electron chi connectivity index (χ0n) is 15.4. The molecule has 0 saturated carbocycles. The van der Waals surface area contributed by atoms with Crippen LogP contribution in [-0.4, -0.2) is 14.8 Å². The summed E-state index contributed by atoms with van der Waals surface area (Å²) in [6, 6.07) is 17.9. The maximum Gasteiger partial charge on any atom is 0.196 e. The van der Waals surface area contributed by atoms with Crippen molar-refractivity contribution in [2.45, 2.75) is 17.8 Å². The van der Waals surface area contributed by atoms with Gasteiger partial charge in [0.2, 0.25) is 0 Å². The number of rotatable bonds is 5. The average molecular weight is 411 g/mol. The van der Waals surface area contributed by atoms with Gasteiger partial charge in [-0.3, -0.25) is 4.57 Å². The summed E-state index contributed by atoms with van der Waals surface area (Å²) in [4.78, 5) is 0. The molecule has 1 aromatic heterocycles. The van der Waals surface area contributed by atoms with Crippen LogP contribution in [0.5, 0.6) is 0 Å². The van der Waals surface area contributed by atoms with Gasteiger partial charge in [0.05, 0.1) is 0 Å². The van der Waals surface area contributed by atoms with Crippen LogP contribution >= 0.6 is 11.8 Å². The highest BCUT2D eigenvalue weighted by Gasteiger charge is 2.17. The van der Waals surface area contributed by atoms with E-state index in [1.165, 1.54) is 30.0 Å². The molecule has 0 amide bonds. The third-order valence-corrected chi connectivity index (χ3v) is 5.39. The summed E-state index contributed by atoms with van der Waals surface area (Å²) in [5, 5.41) is 9.04. The number of thioether (sulfide) groups is 1. The Labute approximate surface area is 170 Å². The van der Waals surface area contributed by atoms with E-state index in [2.05, 4.69) is 10.2 Å². The predicted octanol–water partition coefficient (Wildman–Crippen LogP) is 5.95. The Bertz CT molecular complexity index is 1140. The fourth-order valence-electron chi connectivity index (χ4n) is 2.88. The second-order valence-electron chi connectivity index (χ2n) is 6.49. The van der Waals surface area contributed by atoms with Crippen molar-refractivity contribution in [1.29, 1.82) is 0 Å². The Balaban J connectivity index is 1.74. The molecular weight excluding hydrogens is 395 g/mol. The van der Waals surface area contributed by atoms with Gasteiger partial charge in [0, 0.05) is 22.6 Å². The number of aryl methyl sites for hydroxylation is 1. The van der Waals surface area contributed by atoms with Crippen molar-refractivity contribution in [3.05, 3.63) is 95.3 Å². The quantitative estimate of drug-likeness (QED) is 0.380. The highest BCUT2D eigenvalue weighted by Crippen LogP contribution is 2.30. The number of halogens is 3. The van der Waals surface area contributed by atoms with Crippen molar-refractivity contribution in [2.75, 3.05) is 0 Å². The van der Waals surface area contributed by atoms with Gasteiger partial charge in [-0.2, -0.15) is 0 Å². The summed E-state index contributed by atoms with van der Waals surface area (Å²) in [6.07, 6.45) is 0. The molecule has 1 heterocycles. The maximum atomic E-state index is 14.0. The molecule has 0 N–H and O–H groups in total. The zero-order chi connectivity index (χ0) is 20.4.